The maximum atomic E-state index is 10.9. The second kappa shape index (κ2) is 9.71. The molecule has 0 aliphatic rings. The van der Waals surface area contributed by atoms with Crippen molar-refractivity contribution in [2.75, 3.05) is 6.61 Å². The molecule has 0 aliphatic carbocycles. The van der Waals surface area contributed by atoms with Crippen LogP contribution in [0.4, 0.5) is 0 Å². The number of carboxylic acids is 1. The summed E-state index contributed by atoms with van der Waals surface area (Å²) in [5, 5.41) is 8.24. The van der Waals surface area contributed by atoms with E-state index in [0.717, 1.165) is 31.4 Å². The third-order valence-corrected chi connectivity index (χ3v) is 1.63. The molecule has 0 aromatic carbocycles. The summed E-state index contributed by atoms with van der Waals surface area (Å²) in [5.41, 5.74) is 0. The summed E-state index contributed by atoms with van der Waals surface area (Å²) in [6.45, 7) is 3.77. The number of ether oxygens (including phenoxy) is 1. The Labute approximate surface area is 94.9 Å². The van der Waals surface area contributed by atoms with Gasteiger partial charge < -0.3 is 9.84 Å². The summed E-state index contributed by atoms with van der Waals surface area (Å²) in [4.78, 5) is 20.9. The van der Waals surface area contributed by atoms with Gasteiger partial charge in [-0.05, 0) is 19.3 Å². The van der Waals surface area contributed by atoms with Crippen molar-refractivity contribution in [2.45, 2.75) is 19.3 Å². The summed E-state index contributed by atoms with van der Waals surface area (Å²) >= 11 is 0. The number of hydrogen-bond acceptors (Lipinski definition) is 3. The minimum absolute atomic E-state index is 0.164. The molecule has 0 bridgehead atoms. The molecule has 0 fully saturated rings. The van der Waals surface area contributed by atoms with E-state index >= 15 is 0 Å². The number of carboxylic acid groups (broad SMARTS) is 1. The molecule has 0 saturated carbocycles. The van der Waals surface area contributed by atoms with Crippen LogP contribution in [0.5, 0.6) is 0 Å². The van der Waals surface area contributed by atoms with Gasteiger partial charge >= 0.3 is 11.9 Å². The molecule has 0 spiro atoms. The molecule has 0 atom stereocenters. The Morgan fingerprint density at radius 2 is 1.94 bits per heavy atom. The van der Waals surface area contributed by atoms with Crippen LogP contribution in [-0.2, 0) is 14.3 Å². The second-order valence-electron chi connectivity index (χ2n) is 2.99. The molecular weight excluding hydrogens is 208 g/mol. The van der Waals surface area contributed by atoms with E-state index in [1.54, 1.807) is 6.08 Å². The van der Waals surface area contributed by atoms with Crippen molar-refractivity contribution in [1.82, 2.24) is 0 Å². The van der Waals surface area contributed by atoms with Crippen molar-refractivity contribution < 1.29 is 19.4 Å². The number of allylic oxidation sites excluding steroid dienone is 2. The lowest BCUT2D eigenvalue weighted by Gasteiger charge is -1.95. The molecule has 0 aliphatic heterocycles. The predicted molar refractivity (Wildman–Crippen MR) is 60.9 cm³/mol. The first kappa shape index (κ1) is 14.2. The lowest BCUT2D eigenvalue weighted by Crippen LogP contribution is -2.01. The molecule has 0 amide bonds. The Morgan fingerprint density at radius 3 is 2.56 bits per heavy atom. The van der Waals surface area contributed by atoms with Crippen LogP contribution in [0.1, 0.15) is 19.3 Å². The van der Waals surface area contributed by atoms with Crippen molar-refractivity contribution in [1.29, 1.82) is 0 Å². The fraction of sp³-hybridized carbons (Fsp3) is 0.333. The van der Waals surface area contributed by atoms with E-state index in [4.69, 9.17) is 9.84 Å². The number of unbranched alkanes of at least 4 members (excludes halogenated alkanes) is 2. The topological polar surface area (TPSA) is 63.6 Å². The molecule has 4 nitrogen and oxygen atoms in total. The van der Waals surface area contributed by atoms with E-state index in [2.05, 4.69) is 6.58 Å². The normalized spacial score (nSPS) is 10.8. The van der Waals surface area contributed by atoms with Crippen LogP contribution in [0.15, 0.2) is 37.0 Å². The molecular formula is C12H16O4. The number of hydrogen-bond donors (Lipinski definition) is 1. The highest BCUT2D eigenvalue weighted by Crippen LogP contribution is 1.96. The van der Waals surface area contributed by atoms with Gasteiger partial charge in [0.15, 0.2) is 0 Å². The fourth-order valence-corrected chi connectivity index (χ4v) is 0.884. The van der Waals surface area contributed by atoms with Crippen molar-refractivity contribution in [3.63, 3.8) is 0 Å². The fourth-order valence-electron chi connectivity index (χ4n) is 0.884. The maximum absolute atomic E-state index is 10.9. The van der Waals surface area contributed by atoms with Gasteiger partial charge in [-0.1, -0.05) is 18.2 Å². The van der Waals surface area contributed by atoms with Gasteiger partial charge in [0, 0.05) is 12.2 Å². The Morgan fingerprint density at radius 1 is 1.19 bits per heavy atom. The third-order valence-electron chi connectivity index (χ3n) is 1.63. The molecule has 4 heteroatoms. The van der Waals surface area contributed by atoms with Crippen LogP contribution in [0, 0.1) is 0 Å². The van der Waals surface area contributed by atoms with Crippen LogP contribution < -0.4 is 0 Å². The SMILES string of the molecule is C=CCCCC=CCOC(=O)/C=C/C(=O)O. The maximum Gasteiger partial charge on any atom is 0.331 e. The summed E-state index contributed by atoms with van der Waals surface area (Å²) in [6.07, 6.45) is 10.0. The van der Waals surface area contributed by atoms with Crippen molar-refractivity contribution in [3.8, 4) is 0 Å². The standard InChI is InChI=1S/C12H16O4/c1-2-3-4-5-6-7-10-16-12(15)9-8-11(13)14/h2,6-9H,1,3-5,10H2,(H,13,14)/b7-6?,9-8+. The lowest BCUT2D eigenvalue weighted by atomic mass is 10.2. The molecule has 0 rings (SSSR count). The van der Waals surface area contributed by atoms with E-state index in [9.17, 15) is 9.59 Å². The van der Waals surface area contributed by atoms with Gasteiger partial charge in [-0.15, -0.1) is 6.58 Å². The largest absolute Gasteiger partial charge is 0.478 e. The Kier molecular flexibility index (Phi) is 8.59. The van der Waals surface area contributed by atoms with Gasteiger partial charge in [0.25, 0.3) is 0 Å². The molecule has 0 aromatic heterocycles. The van der Waals surface area contributed by atoms with Crippen LogP contribution in [0.3, 0.4) is 0 Å². The van der Waals surface area contributed by atoms with Gasteiger partial charge in [-0.2, -0.15) is 0 Å². The molecule has 0 unspecified atom stereocenters. The van der Waals surface area contributed by atoms with E-state index < -0.39 is 11.9 Å². The zero-order chi connectivity index (χ0) is 12.2. The predicted octanol–water partition coefficient (Wildman–Crippen LogP) is 2.08. The molecule has 88 valence electrons. The van der Waals surface area contributed by atoms with Crippen LogP contribution in [0.25, 0.3) is 0 Å². The molecule has 0 saturated heterocycles. The van der Waals surface area contributed by atoms with Gasteiger partial charge in [0.05, 0.1) is 0 Å². The van der Waals surface area contributed by atoms with Gasteiger partial charge in [-0.25, -0.2) is 9.59 Å². The Balaban J connectivity index is 3.54. The number of aliphatic carboxylic acids is 1. The Hall–Kier alpha value is -1.84. The van der Waals surface area contributed by atoms with Crippen molar-refractivity contribution >= 4 is 11.9 Å². The van der Waals surface area contributed by atoms with Crippen molar-refractivity contribution in [3.05, 3.63) is 37.0 Å². The zero-order valence-electron chi connectivity index (χ0n) is 9.09. The van der Waals surface area contributed by atoms with E-state index in [1.807, 2.05) is 12.2 Å². The average Bonchev–Trinajstić information content (AvgIpc) is 2.25. The third kappa shape index (κ3) is 10.2. The first-order valence-corrected chi connectivity index (χ1v) is 5.00. The van der Waals surface area contributed by atoms with Crippen molar-refractivity contribution in [2.24, 2.45) is 0 Å². The lowest BCUT2D eigenvalue weighted by molar-refractivity contribution is -0.137. The molecule has 0 radical (unpaired) electrons. The molecule has 0 heterocycles. The van der Waals surface area contributed by atoms with Crippen LogP contribution in [0.2, 0.25) is 0 Å². The zero-order valence-corrected chi connectivity index (χ0v) is 9.09. The minimum Gasteiger partial charge on any atom is -0.478 e. The van der Waals surface area contributed by atoms with Gasteiger partial charge in [0.2, 0.25) is 0 Å². The highest BCUT2D eigenvalue weighted by atomic mass is 16.5. The minimum atomic E-state index is -1.17. The first-order chi connectivity index (χ1) is 7.66. The van der Waals surface area contributed by atoms with Gasteiger partial charge in [0.1, 0.15) is 6.61 Å². The molecule has 0 aromatic rings. The van der Waals surface area contributed by atoms with E-state index in [-0.39, 0.29) is 6.61 Å². The summed E-state index contributed by atoms with van der Waals surface area (Å²) in [5.74, 6) is -1.82. The molecule has 16 heavy (non-hydrogen) atoms. The first-order valence-electron chi connectivity index (χ1n) is 5.00. The number of carbonyl (C=O) groups excluding carboxylic acids is 1. The van der Waals surface area contributed by atoms with Crippen LogP contribution >= 0.6 is 0 Å². The number of rotatable bonds is 8. The number of esters is 1. The highest BCUT2D eigenvalue weighted by molar-refractivity contribution is 5.90. The van der Waals surface area contributed by atoms with Gasteiger partial charge in [-0.3, -0.25) is 0 Å². The average molecular weight is 224 g/mol. The van der Waals surface area contributed by atoms with E-state index in [0.29, 0.717) is 0 Å². The van der Waals surface area contributed by atoms with Crippen LogP contribution in [-0.4, -0.2) is 23.7 Å². The second-order valence-corrected chi connectivity index (χ2v) is 2.99. The quantitative estimate of drug-likeness (QED) is 0.297. The summed E-state index contributed by atoms with van der Waals surface area (Å²) in [7, 11) is 0. The Bertz CT molecular complexity index is 289. The highest BCUT2D eigenvalue weighted by Gasteiger charge is 1.95. The number of carbonyl (C=O) groups is 2. The molecule has 1 N–H and O–H groups in total. The smallest absolute Gasteiger partial charge is 0.331 e. The monoisotopic (exact) mass is 224 g/mol. The van der Waals surface area contributed by atoms with E-state index in [1.165, 1.54) is 0 Å². The summed E-state index contributed by atoms with van der Waals surface area (Å²) in [6, 6.07) is 0. The summed E-state index contributed by atoms with van der Waals surface area (Å²) < 4.78 is 4.70.